The zero-order valence-electron chi connectivity index (χ0n) is 10.1. The number of anilines is 1. The van der Waals surface area contributed by atoms with E-state index in [0.717, 1.165) is 0 Å². The van der Waals surface area contributed by atoms with Crippen molar-refractivity contribution in [2.24, 2.45) is 0 Å². The minimum Gasteiger partial charge on any atom is -0.332 e. The molecule has 102 valence electrons. The van der Waals surface area contributed by atoms with Crippen LogP contribution in [-0.4, -0.2) is 42.9 Å². The largest absolute Gasteiger partial charge is 0.332 e. The zero-order chi connectivity index (χ0) is 13.8. The van der Waals surface area contributed by atoms with E-state index < -0.39 is 11.8 Å². The van der Waals surface area contributed by atoms with Gasteiger partial charge in [-0.2, -0.15) is 0 Å². The van der Waals surface area contributed by atoms with E-state index in [4.69, 9.17) is 11.6 Å². The van der Waals surface area contributed by atoms with E-state index in [9.17, 15) is 9.59 Å². The molecular weight excluding hydrogens is 334 g/mol. The fourth-order valence-electron chi connectivity index (χ4n) is 1.79. The number of hydrogen-bond acceptors (Lipinski definition) is 3. The molecule has 1 fully saturated rings. The third-order valence-electron chi connectivity index (χ3n) is 2.80. The highest BCUT2D eigenvalue weighted by Gasteiger charge is 2.23. The van der Waals surface area contributed by atoms with Gasteiger partial charge in [0.1, 0.15) is 0 Å². The maximum atomic E-state index is 11.9. The number of carbonyl (C=O) groups is 2. The summed E-state index contributed by atoms with van der Waals surface area (Å²) in [5.41, 5.74) is 0.487. The summed E-state index contributed by atoms with van der Waals surface area (Å²) in [5.74, 6) is -1.17. The topological polar surface area (TPSA) is 61.4 Å². The number of carbonyl (C=O) groups excluding carboxylic acids is 2. The van der Waals surface area contributed by atoms with E-state index in [2.05, 4.69) is 26.6 Å². The van der Waals surface area contributed by atoms with Crippen LogP contribution in [-0.2, 0) is 9.59 Å². The lowest BCUT2D eigenvalue weighted by atomic mass is 10.3. The molecule has 1 aromatic carbocycles. The number of hydrogen-bond donors (Lipinski definition) is 2. The first-order chi connectivity index (χ1) is 9.09. The molecule has 0 bridgehead atoms. The number of halogens is 2. The molecular formula is C12H13BrClN3O2. The van der Waals surface area contributed by atoms with Crippen LogP contribution in [0.15, 0.2) is 22.7 Å². The van der Waals surface area contributed by atoms with Gasteiger partial charge < -0.3 is 15.5 Å². The summed E-state index contributed by atoms with van der Waals surface area (Å²) in [5, 5.41) is 6.17. The quantitative estimate of drug-likeness (QED) is 0.757. The summed E-state index contributed by atoms with van der Waals surface area (Å²) in [6, 6.07) is 5.08. The predicted molar refractivity (Wildman–Crippen MR) is 77.2 cm³/mol. The number of benzene rings is 1. The van der Waals surface area contributed by atoms with Gasteiger partial charge in [-0.05, 0) is 28.1 Å². The predicted octanol–water partition coefficient (Wildman–Crippen LogP) is 1.47. The molecule has 2 amide bonds. The van der Waals surface area contributed by atoms with Crippen LogP contribution in [0.1, 0.15) is 0 Å². The smallest absolute Gasteiger partial charge is 0.313 e. The van der Waals surface area contributed by atoms with Gasteiger partial charge in [0.15, 0.2) is 0 Å². The molecule has 2 N–H and O–H groups in total. The standard InChI is InChI=1S/C12H13BrClN3O2/c13-10-8(14)2-1-3-9(10)16-11(18)12(19)17-6-4-15-5-7-17/h1-3,15H,4-7H2,(H,16,18). The van der Waals surface area contributed by atoms with Crippen LogP contribution in [0.5, 0.6) is 0 Å². The average molecular weight is 347 g/mol. The second kappa shape index (κ2) is 6.36. The van der Waals surface area contributed by atoms with Gasteiger partial charge in [-0.25, -0.2) is 0 Å². The minimum atomic E-state index is -0.648. The molecule has 0 aromatic heterocycles. The fourth-order valence-corrected chi connectivity index (χ4v) is 2.33. The third-order valence-corrected chi connectivity index (χ3v) is 4.20. The SMILES string of the molecule is O=C(Nc1cccc(Cl)c1Br)C(=O)N1CCNCC1. The van der Waals surface area contributed by atoms with E-state index in [0.29, 0.717) is 41.4 Å². The van der Waals surface area contributed by atoms with Crippen molar-refractivity contribution in [1.29, 1.82) is 0 Å². The van der Waals surface area contributed by atoms with Crippen LogP contribution in [0, 0.1) is 0 Å². The summed E-state index contributed by atoms with van der Waals surface area (Å²) in [4.78, 5) is 25.4. The molecule has 2 rings (SSSR count). The Morgan fingerprint density at radius 1 is 1.32 bits per heavy atom. The van der Waals surface area contributed by atoms with Gasteiger partial charge in [0.2, 0.25) is 0 Å². The van der Waals surface area contributed by atoms with Crippen LogP contribution >= 0.6 is 27.5 Å². The molecule has 0 radical (unpaired) electrons. The normalized spacial score (nSPS) is 15.2. The fraction of sp³-hybridized carbons (Fsp3) is 0.333. The van der Waals surface area contributed by atoms with Gasteiger partial charge in [0.05, 0.1) is 15.2 Å². The molecule has 5 nitrogen and oxygen atoms in total. The monoisotopic (exact) mass is 345 g/mol. The van der Waals surface area contributed by atoms with Gasteiger partial charge in [-0.15, -0.1) is 0 Å². The molecule has 0 aliphatic carbocycles. The highest BCUT2D eigenvalue weighted by atomic mass is 79.9. The second-order valence-corrected chi connectivity index (χ2v) is 5.30. The van der Waals surface area contributed by atoms with Crippen LogP contribution < -0.4 is 10.6 Å². The molecule has 0 spiro atoms. The number of nitrogens with one attached hydrogen (secondary N) is 2. The Hall–Kier alpha value is -1.11. The number of piperazine rings is 1. The Labute approximate surface area is 124 Å². The molecule has 1 aliphatic rings. The lowest BCUT2D eigenvalue weighted by molar-refractivity contribution is -0.143. The molecule has 7 heteroatoms. The summed E-state index contributed by atoms with van der Waals surface area (Å²) < 4.78 is 0.568. The van der Waals surface area contributed by atoms with Gasteiger partial charge in [-0.1, -0.05) is 17.7 Å². The minimum absolute atomic E-state index is 0.479. The Balaban J connectivity index is 2.04. The van der Waals surface area contributed by atoms with Crippen molar-refractivity contribution < 1.29 is 9.59 Å². The number of amides is 2. The molecule has 0 atom stereocenters. The van der Waals surface area contributed by atoms with Crippen molar-refractivity contribution in [1.82, 2.24) is 10.2 Å². The van der Waals surface area contributed by atoms with Gasteiger partial charge in [0.25, 0.3) is 0 Å². The number of rotatable bonds is 1. The van der Waals surface area contributed by atoms with E-state index >= 15 is 0 Å². The third kappa shape index (κ3) is 3.46. The Bertz CT molecular complexity index is 504. The summed E-state index contributed by atoms with van der Waals surface area (Å²) >= 11 is 9.20. The summed E-state index contributed by atoms with van der Waals surface area (Å²) in [6.45, 7) is 2.51. The van der Waals surface area contributed by atoms with Gasteiger partial charge in [0, 0.05) is 26.2 Å². The van der Waals surface area contributed by atoms with E-state index in [-0.39, 0.29) is 0 Å². The first kappa shape index (κ1) is 14.3. The van der Waals surface area contributed by atoms with E-state index in [1.54, 1.807) is 18.2 Å². The summed E-state index contributed by atoms with van der Waals surface area (Å²) in [6.07, 6.45) is 0. The average Bonchev–Trinajstić information content (AvgIpc) is 2.44. The highest BCUT2D eigenvalue weighted by molar-refractivity contribution is 9.10. The second-order valence-electron chi connectivity index (χ2n) is 4.10. The highest BCUT2D eigenvalue weighted by Crippen LogP contribution is 2.29. The van der Waals surface area contributed by atoms with Crippen LogP contribution in [0.4, 0.5) is 5.69 Å². The molecule has 1 aromatic rings. The van der Waals surface area contributed by atoms with E-state index in [1.807, 2.05) is 0 Å². The molecule has 1 aliphatic heterocycles. The summed E-state index contributed by atoms with van der Waals surface area (Å²) in [7, 11) is 0. The van der Waals surface area contributed by atoms with Crippen LogP contribution in [0.25, 0.3) is 0 Å². The number of nitrogens with zero attached hydrogens (tertiary/aromatic N) is 1. The molecule has 0 unspecified atom stereocenters. The van der Waals surface area contributed by atoms with Crippen LogP contribution in [0.3, 0.4) is 0 Å². The molecule has 1 heterocycles. The van der Waals surface area contributed by atoms with Crippen molar-refractivity contribution in [3.05, 3.63) is 27.7 Å². The lowest BCUT2D eigenvalue weighted by Gasteiger charge is -2.26. The Kier molecular flexibility index (Phi) is 4.79. The maximum Gasteiger partial charge on any atom is 0.313 e. The molecule has 19 heavy (non-hydrogen) atoms. The van der Waals surface area contributed by atoms with Crippen molar-refractivity contribution in [2.75, 3.05) is 31.5 Å². The maximum absolute atomic E-state index is 11.9. The van der Waals surface area contributed by atoms with Crippen molar-refractivity contribution in [2.45, 2.75) is 0 Å². The van der Waals surface area contributed by atoms with Crippen molar-refractivity contribution in [3.8, 4) is 0 Å². The first-order valence-corrected chi connectivity index (χ1v) is 7.01. The lowest BCUT2D eigenvalue weighted by Crippen LogP contribution is -2.49. The van der Waals surface area contributed by atoms with Crippen molar-refractivity contribution >= 4 is 45.0 Å². The first-order valence-electron chi connectivity index (χ1n) is 5.84. The Morgan fingerprint density at radius 2 is 2.00 bits per heavy atom. The molecule has 1 saturated heterocycles. The molecule has 0 saturated carbocycles. The van der Waals surface area contributed by atoms with Crippen LogP contribution in [0.2, 0.25) is 5.02 Å². The van der Waals surface area contributed by atoms with Gasteiger partial charge >= 0.3 is 11.8 Å². The van der Waals surface area contributed by atoms with E-state index in [1.165, 1.54) is 4.90 Å². The zero-order valence-corrected chi connectivity index (χ0v) is 12.4. The van der Waals surface area contributed by atoms with Gasteiger partial charge in [-0.3, -0.25) is 9.59 Å². The van der Waals surface area contributed by atoms with Crippen molar-refractivity contribution in [3.63, 3.8) is 0 Å². The Morgan fingerprint density at radius 3 is 2.68 bits per heavy atom.